The molecule has 1 amide bonds. The number of ketones is 1. The van der Waals surface area contributed by atoms with Crippen LogP contribution in [0.2, 0.25) is 0 Å². The summed E-state index contributed by atoms with van der Waals surface area (Å²) in [5.41, 5.74) is 2.27. The summed E-state index contributed by atoms with van der Waals surface area (Å²) in [6.07, 6.45) is 4.59. The molecule has 0 radical (unpaired) electrons. The van der Waals surface area contributed by atoms with Gasteiger partial charge < -0.3 is 9.47 Å². The van der Waals surface area contributed by atoms with Gasteiger partial charge in [0.2, 0.25) is 5.91 Å². The Balaban J connectivity index is 1.63. The zero-order valence-electron chi connectivity index (χ0n) is 18.6. The van der Waals surface area contributed by atoms with Crippen molar-refractivity contribution in [3.8, 4) is 10.7 Å². The number of carbonyl (C=O) groups excluding carboxylic acids is 2. The molecule has 0 aliphatic carbocycles. The average Bonchev–Trinajstić information content (AvgIpc) is 3.41. The quantitative estimate of drug-likeness (QED) is 0.510. The topological polar surface area (TPSA) is 101 Å². The number of piperidine rings is 1. The minimum Gasteiger partial charge on any atom is -0.341 e. The summed E-state index contributed by atoms with van der Waals surface area (Å²) < 4.78 is 30.4. The van der Waals surface area contributed by atoms with Crippen LogP contribution in [0.3, 0.4) is 0 Å². The summed E-state index contributed by atoms with van der Waals surface area (Å²) in [5, 5.41) is 2.55. The van der Waals surface area contributed by atoms with Gasteiger partial charge in [-0.05, 0) is 63.4 Å². The molecule has 0 saturated carbocycles. The number of amides is 1. The van der Waals surface area contributed by atoms with Gasteiger partial charge in [-0.25, -0.2) is 13.4 Å². The van der Waals surface area contributed by atoms with Crippen molar-refractivity contribution >= 4 is 38.7 Å². The van der Waals surface area contributed by atoms with Crippen LogP contribution in [-0.4, -0.2) is 47.6 Å². The van der Waals surface area contributed by atoms with E-state index in [2.05, 4.69) is 9.71 Å². The molecule has 0 unspecified atom stereocenters. The fourth-order valence-electron chi connectivity index (χ4n) is 3.79. The average molecular weight is 487 g/mol. The third kappa shape index (κ3) is 5.33. The summed E-state index contributed by atoms with van der Waals surface area (Å²) in [7, 11) is -3.91. The van der Waals surface area contributed by atoms with Crippen LogP contribution >= 0.6 is 11.3 Å². The van der Waals surface area contributed by atoms with Crippen molar-refractivity contribution < 1.29 is 18.0 Å². The number of rotatable bonds is 7. The molecular formula is C23H26N4O4S2. The van der Waals surface area contributed by atoms with Crippen LogP contribution in [0.4, 0.5) is 5.69 Å². The van der Waals surface area contributed by atoms with E-state index in [1.165, 1.54) is 24.5 Å². The van der Waals surface area contributed by atoms with Crippen molar-refractivity contribution in [1.82, 2.24) is 14.5 Å². The third-order valence-electron chi connectivity index (χ3n) is 5.58. The Hall–Kier alpha value is -2.98. The second-order valence-electron chi connectivity index (χ2n) is 8.16. The highest BCUT2D eigenvalue weighted by Gasteiger charge is 2.24. The van der Waals surface area contributed by atoms with E-state index in [4.69, 9.17) is 0 Å². The molecule has 1 aliphatic heterocycles. The molecule has 3 aromatic rings. The van der Waals surface area contributed by atoms with Crippen LogP contribution in [-0.2, 0) is 21.4 Å². The van der Waals surface area contributed by atoms with E-state index in [1.807, 2.05) is 17.2 Å². The van der Waals surface area contributed by atoms with Gasteiger partial charge in [0.05, 0.1) is 5.69 Å². The Morgan fingerprint density at radius 1 is 1.12 bits per heavy atom. The van der Waals surface area contributed by atoms with Crippen LogP contribution in [0, 0.1) is 6.92 Å². The molecular weight excluding hydrogens is 460 g/mol. The number of hydrogen-bond donors (Lipinski definition) is 1. The van der Waals surface area contributed by atoms with Crippen LogP contribution in [0.15, 0.2) is 46.8 Å². The van der Waals surface area contributed by atoms with Crippen LogP contribution < -0.4 is 4.72 Å². The van der Waals surface area contributed by atoms with E-state index < -0.39 is 10.0 Å². The molecule has 0 bridgehead atoms. The first-order chi connectivity index (χ1) is 15.7. The molecule has 1 aromatic carbocycles. The Kier molecular flexibility index (Phi) is 6.66. The Labute approximate surface area is 197 Å². The maximum atomic E-state index is 13.1. The van der Waals surface area contributed by atoms with E-state index in [0.717, 1.165) is 38.0 Å². The molecule has 10 heteroatoms. The number of aryl methyl sites for hydroxylation is 1. The SMILES string of the molecule is CC(=O)c1ccc(NS(=O)(=O)c2cc(-c3nc(C)cs3)n(CC(=O)N3CCCCC3)c2)cc1. The fourth-order valence-corrected chi connectivity index (χ4v) is 5.71. The Morgan fingerprint density at radius 3 is 2.42 bits per heavy atom. The second-order valence-corrected chi connectivity index (χ2v) is 10.7. The molecule has 0 atom stereocenters. The molecule has 1 aliphatic rings. The largest absolute Gasteiger partial charge is 0.341 e. The number of Topliss-reactive ketones (excluding diaryl/α,β-unsaturated/α-hetero) is 1. The number of benzene rings is 1. The standard InChI is InChI=1S/C23H26N4O4S2/c1-16-15-32-23(24-16)21-12-20(13-27(21)14-22(29)26-10-4-3-5-11-26)33(30,31)25-19-8-6-18(7-9-19)17(2)28/h6-9,12-13,15,25H,3-5,10-11,14H2,1-2H3. The molecule has 174 valence electrons. The van der Waals surface area contributed by atoms with E-state index >= 15 is 0 Å². The van der Waals surface area contributed by atoms with Crippen molar-refractivity contribution in [1.29, 1.82) is 0 Å². The van der Waals surface area contributed by atoms with E-state index in [-0.39, 0.29) is 23.1 Å². The highest BCUT2D eigenvalue weighted by atomic mass is 32.2. The van der Waals surface area contributed by atoms with Crippen LogP contribution in [0.25, 0.3) is 10.7 Å². The number of hydrogen-bond acceptors (Lipinski definition) is 6. The van der Waals surface area contributed by atoms with Gasteiger partial charge in [0.15, 0.2) is 5.78 Å². The third-order valence-corrected chi connectivity index (χ3v) is 7.91. The highest BCUT2D eigenvalue weighted by Crippen LogP contribution is 2.29. The van der Waals surface area contributed by atoms with Gasteiger partial charge >= 0.3 is 0 Å². The monoisotopic (exact) mass is 486 g/mol. The Bertz CT molecular complexity index is 1270. The zero-order valence-corrected chi connectivity index (χ0v) is 20.2. The van der Waals surface area contributed by atoms with E-state index in [9.17, 15) is 18.0 Å². The molecule has 1 saturated heterocycles. The summed E-state index contributed by atoms with van der Waals surface area (Å²) in [6.45, 7) is 4.84. The Morgan fingerprint density at radius 2 is 1.82 bits per heavy atom. The molecule has 8 nitrogen and oxygen atoms in total. The first kappa shape index (κ1) is 23.2. The van der Waals surface area contributed by atoms with Crippen LogP contribution in [0.1, 0.15) is 42.2 Å². The van der Waals surface area contributed by atoms with Crippen molar-refractivity contribution in [2.24, 2.45) is 0 Å². The van der Waals surface area contributed by atoms with Crippen LogP contribution in [0.5, 0.6) is 0 Å². The fraction of sp³-hybridized carbons (Fsp3) is 0.348. The first-order valence-corrected chi connectivity index (χ1v) is 13.1. The number of sulfonamides is 1. The molecule has 0 spiro atoms. The lowest BCUT2D eigenvalue weighted by atomic mass is 10.1. The number of nitrogens with zero attached hydrogens (tertiary/aromatic N) is 3. The number of likely N-dealkylation sites (tertiary alicyclic amines) is 1. The van der Waals surface area contributed by atoms with Crippen molar-refractivity contribution in [3.63, 3.8) is 0 Å². The molecule has 1 N–H and O–H groups in total. The van der Waals surface area contributed by atoms with E-state index in [1.54, 1.807) is 34.9 Å². The smallest absolute Gasteiger partial charge is 0.263 e. The highest BCUT2D eigenvalue weighted by molar-refractivity contribution is 7.92. The number of anilines is 1. The van der Waals surface area contributed by atoms with Crippen molar-refractivity contribution in [2.75, 3.05) is 17.8 Å². The van der Waals surface area contributed by atoms with Gasteiger partial charge in [0.25, 0.3) is 10.0 Å². The zero-order chi connectivity index (χ0) is 23.6. The van der Waals surface area contributed by atoms with Crippen molar-refractivity contribution in [2.45, 2.75) is 44.6 Å². The first-order valence-electron chi connectivity index (χ1n) is 10.8. The van der Waals surface area contributed by atoms with Gasteiger partial charge in [0.1, 0.15) is 16.4 Å². The summed E-state index contributed by atoms with van der Waals surface area (Å²) in [6, 6.07) is 7.80. The van der Waals surface area contributed by atoms with Crippen molar-refractivity contribution in [3.05, 3.63) is 53.2 Å². The molecule has 1 fully saturated rings. The minimum atomic E-state index is -3.91. The minimum absolute atomic E-state index is 0.0310. The van der Waals surface area contributed by atoms with Gasteiger partial charge in [-0.1, -0.05) is 0 Å². The molecule has 4 rings (SSSR count). The number of carbonyl (C=O) groups is 2. The number of nitrogens with one attached hydrogen (secondary N) is 1. The maximum absolute atomic E-state index is 13.1. The van der Waals surface area contributed by atoms with Gasteiger partial charge in [0, 0.05) is 41.6 Å². The lowest BCUT2D eigenvalue weighted by Gasteiger charge is -2.27. The molecule has 2 aromatic heterocycles. The number of aromatic nitrogens is 2. The predicted molar refractivity (Wildman–Crippen MR) is 128 cm³/mol. The molecule has 33 heavy (non-hydrogen) atoms. The summed E-state index contributed by atoms with van der Waals surface area (Å²) in [5.74, 6) is -0.125. The van der Waals surface area contributed by atoms with Gasteiger partial charge in [-0.15, -0.1) is 11.3 Å². The lowest BCUT2D eigenvalue weighted by molar-refractivity contribution is -0.132. The van der Waals surface area contributed by atoms with Gasteiger partial charge in [-0.2, -0.15) is 0 Å². The van der Waals surface area contributed by atoms with Gasteiger partial charge in [-0.3, -0.25) is 14.3 Å². The maximum Gasteiger partial charge on any atom is 0.263 e. The predicted octanol–water partition coefficient (Wildman–Crippen LogP) is 3.94. The lowest BCUT2D eigenvalue weighted by Crippen LogP contribution is -2.37. The van der Waals surface area contributed by atoms with E-state index in [0.29, 0.717) is 22.0 Å². The number of thiazole rings is 1. The summed E-state index contributed by atoms with van der Waals surface area (Å²) in [4.78, 5) is 30.7. The normalized spacial score (nSPS) is 14.3. The molecule has 3 heterocycles. The second kappa shape index (κ2) is 9.48. The summed E-state index contributed by atoms with van der Waals surface area (Å²) >= 11 is 1.41.